The number of aldehydes is 1. The first-order valence-electron chi connectivity index (χ1n) is 6.02. The number of carbonyl (C=O) groups is 1. The maximum Gasteiger partial charge on any atom is 0.156 e. The number of phenols is 1. The van der Waals surface area contributed by atoms with Crippen molar-refractivity contribution in [2.45, 2.75) is 6.54 Å². The van der Waals surface area contributed by atoms with Gasteiger partial charge in [-0.1, -0.05) is 18.2 Å². The maximum atomic E-state index is 10.9. The summed E-state index contributed by atoms with van der Waals surface area (Å²) in [7, 11) is 1.61. The number of hydrogen-bond acceptors (Lipinski definition) is 5. The van der Waals surface area contributed by atoms with Crippen LogP contribution < -0.4 is 4.74 Å². The molecule has 2 aromatic rings. The van der Waals surface area contributed by atoms with Crippen molar-refractivity contribution in [1.29, 1.82) is 0 Å². The molecule has 0 fully saturated rings. The zero-order valence-corrected chi connectivity index (χ0v) is 11.0. The number of azo groups is 1. The van der Waals surface area contributed by atoms with E-state index in [1.54, 1.807) is 19.2 Å². The fourth-order valence-electron chi connectivity index (χ4n) is 1.67. The summed E-state index contributed by atoms with van der Waals surface area (Å²) in [6.45, 7) is 0.387. The van der Waals surface area contributed by atoms with Crippen LogP contribution in [-0.4, -0.2) is 18.5 Å². The highest BCUT2D eigenvalue weighted by Gasteiger charge is 2.05. The summed E-state index contributed by atoms with van der Waals surface area (Å²) >= 11 is 0. The lowest BCUT2D eigenvalue weighted by molar-refractivity contribution is 0.112. The largest absolute Gasteiger partial charge is 0.507 e. The number of phenolic OH excluding ortho intramolecular Hbond substituents is 1. The van der Waals surface area contributed by atoms with Gasteiger partial charge in [0.15, 0.2) is 6.29 Å². The van der Waals surface area contributed by atoms with Crippen molar-refractivity contribution < 1.29 is 14.6 Å². The highest BCUT2D eigenvalue weighted by atomic mass is 16.5. The van der Waals surface area contributed by atoms with E-state index in [1.165, 1.54) is 6.07 Å². The number of rotatable bonds is 5. The Bertz CT molecular complexity index is 622. The van der Waals surface area contributed by atoms with Gasteiger partial charge in [0.25, 0.3) is 0 Å². The third-order valence-corrected chi connectivity index (χ3v) is 2.77. The van der Waals surface area contributed by atoms with Crippen LogP contribution in [0.15, 0.2) is 52.7 Å². The summed E-state index contributed by atoms with van der Waals surface area (Å²) in [5.41, 5.74) is 1.47. The van der Waals surface area contributed by atoms with Crippen molar-refractivity contribution in [2.75, 3.05) is 7.11 Å². The lowest BCUT2D eigenvalue weighted by Gasteiger charge is -2.01. The molecule has 20 heavy (non-hydrogen) atoms. The van der Waals surface area contributed by atoms with E-state index in [0.29, 0.717) is 18.5 Å². The van der Waals surface area contributed by atoms with Gasteiger partial charge in [-0.2, -0.15) is 10.2 Å². The molecule has 0 aromatic heterocycles. The standard InChI is InChI=1S/C15H14N2O3/c1-20-12-7-5-11(6-8-12)9-16-17-14-3-2-4-15(19)13(14)10-18/h2-8,10,19H,9H2,1H3. The van der Waals surface area contributed by atoms with Crippen LogP contribution in [-0.2, 0) is 6.54 Å². The first kappa shape index (κ1) is 13.7. The molecule has 0 saturated heterocycles. The summed E-state index contributed by atoms with van der Waals surface area (Å²) < 4.78 is 5.07. The first-order chi connectivity index (χ1) is 9.74. The van der Waals surface area contributed by atoms with Crippen molar-refractivity contribution in [3.63, 3.8) is 0 Å². The summed E-state index contributed by atoms with van der Waals surface area (Å²) in [4.78, 5) is 10.9. The summed E-state index contributed by atoms with van der Waals surface area (Å²) in [6, 6.07) is 12.1. The van der Waals surface area contributed by atoms with Crippen LogP contribution in [0.2, 0.25) is 0 Å². The van der Waals surface area contributed by atoms with Crippen LogP contribution >= 0.6 is 0 Å². The van der Waals surface area contributed by atoms with Crippen molar-refractivity contribution in [1.82, 2.24) is 0 Å². The molecule has 2 rings (SSSR count). The van der Waals surface area contributed by atoms with Gasteiger partial charge in [0, 0.05) is 0 Å². The van der Waals surface area contributed by atoms with Crippen molar-refractivity contribution in [3.8, 4) is 11.5 Å². The number of carbonyl (C=O) groups excluding carboxylic acids is 1. The van der Waals surface area contributed by atoms with Gasteiger partial charge in [0.05, 0.1) is 24.9 Å². The van der Waals surface area contributed by atoms with E-state index in [-0.39, 0.29) is 11.3 Å². The van der Waals surface area contributed by atoms with E-state index in [0.717, 1.165) is 11.3 Å². The van der Waals surface area contributed by atoms with Gasteiger partial charge >= 0.3 is 0 Å². The number of ether oxygens (including phenoxy) is 1. The molecular weight excluding hydrogens is 256 g/mol. The van der Waals surface area contributed by atoms with E-state index in [4.69, 9.17) is 4.74 Å². The fraction of sp³-hybridized carbons (Fsp3) is 0.133. The summed E-state index contributed by atoms with van der Waals surface area (Å²) in [6.07, 6.45) is 0.567. The van der Waals surface area contributed by atoms with Gasteiger partial charge in [-0.25, -0.2) is 0 Å². The highest BCUT2D eigenvalue weighted by Crippen LogP contribution is 2.26. The first-order valence-corrected chi connectivity index (χ1v) is 6.02. The molecule has 0 aliphatic heterocycles. The quantitative estimate of drug-likeness (QED) is 0.667. The normalized spacial score (nSPS) is 10.7. The second-order valence-corrected chi connectivity index (χ2v) is 4.08. The molecule has 0 atom stereocenters. The average Bonchev–Trinajstić information content (AvgIpc) is 2.48. The molecular formula is C15H14N2O3. The van der Waals surface area contributed by atoms with Crippen LogP contribution in [0.5, 0.6) is 11.5 Å². The van der Waals surface area contributed by atoms with Crippen molar-refractivity contribution >= 4 is 12.0 Å². The summed E-state index contributed by atoms with van der Waals surface area (Å²) in [5, 5.41) is 17.5. The Morgan fingerprint density at radius 1 is 1.20 bits per heavy atom. The molecule has 0 spiro atoms. The fourth-order valence-corrected chi connectivity index (χ4v) is 1.67. The SMILES string of the molecule is COc1ccc(CN=Nc2cccc(O)c2C=O)cc1. The lowest BCUT2D eigenvalue weighted by Crippen LogP contribution is -1.85. The van der Waals surface area contributed by atoms with Crippen LogP contribution in [0.1, 0.15) is 15.9 Å². The van der Waals surface area contributed by atoms with Crippen LogP contribution in [0, 0.1) is 0 Å². The van der Waals surface area contributed by atoms with E-state index in [9.17, 15) is 9.90 Å². The van der Waals surface area contributed by atoms with E-state index < -0.39 is 0 Å². The van der Waals surface area contributed by atoms with Crippen LogP contribution in [0.25, 0.3) is 0 Å². The molecule has 0 saturated carbocycles. The van der Waals surface area contributed by atoms with Gasteiger partial charge < -0.3 is 9.84 Å². The van der Waals surface area contributed by atoms with E-state index in [2.05, 4.69) is 10.2 Å². The van der Waals surface area contributed by atoms with Gasteiger partial charge in [-0.05, 0) is 29.8 Å². The second-order valence-electron chi connectivity index (χ2n) is 4.08. The van der Waals surface area contributed by atoms with Gasteiger partial charge in [-0.15, -0.1) is 0 Å². The predicted molar refractivity (Wildman–Crippen MR) is 74.7 cm³/mol. The van der Waals surface area contributed by atoms with Crippen LogP contribution in [0.4, 0.5) is 5.69 Å². The molecule has 0 heterocycles. The Hall–Kier alpha value is -2.69. The van der Waals surface area contributed by atoms with E-state index in [1.807, 2.05) is 24.3 Å². The smallest absolute Gasteiger partial charge is 0.156 e. The van der Waals surface area contributed by atoms with Crippen molar-refractivity contribution in [2.24, 2.45) is 10.2 Å². The Kier molecular flexibility index (Phi) is 4.44. The number of benzene rings is 2. The highest BCUT2D eigenvalue weighted by molar-refractivity contribution is 5.86. The van der Waals surface area contributed by atoms with Gasteiger partial charge in [0.1, 0.15) is 11.5 Å². The summed E-state index contributed by atoms with van der Waals surface area (Å²) in [5.74, 6) is 0.683. The molecule has 0 unspecified atom stereocenters. The van der Waals surface area contributed by atoms with E-state index >= 15 is 0 Å². The molecule has 5 heteroatoms. The van der Waals surface area contributed by atoms with Crippen molar-refractivity contribution in [3.05, 3.63) is 53.6 Å². The number of nitrogens with zero attached hydrogens (tertiary/aromatic N) is 2. The average molecular weight is 270 g/mol. The predicted octanol–water partition coefficient (Wildman–Crippen LogP) is 3.50. The number of aromatic hydroxyl groups is 1. The monoisotopic (exact) mass is 270 g/mol. The number of hydrogen-bond donors (Lipinski definition) is 1. The maximum absolute atomic E-state index is 10.9. The second kappa shape index (κ2) is 6.47. The molecule has 0 radical (unpaired) electrons. The van der Waals surface area contributed by atoms with Crippen LogP contribution in [0.3, 0.4) is 0 Å². The molecule has 5 nitrogen and oxygen atoms in total. The molecule has 0 bridgehead atoms. The zero-order chi connectivity index (χ0) is 14.4. The minimum Gasteiger partial charge on any atom is -0.507 e. The lowest BCUT2D eigenvalue weighted by atomic mass is 10.2. The Balaban J connectivity index is 2.10. The Labute approximate surface area is 116 Å². The molecule has 102 valence electrons. The van der Waals surface area contributed by atoms with Gasteiger partial charge in [-0.3, -0.25) is 4.79 Å². The zero-order valence-electron chi connectivity index (χ0n) is 11.0. The molecule has 0 amide bonds. The third kappa shape index (κ3) is 3.20. The molecule has 0 aliphatic carbocycles. The molecule has 1 N–H and O–H groups in total. The molecule has 0 aliphatic rings. The minimum atomic E-state index is -0.0964. The third-order valence-electron chi connectivity index (χ3n) is 2.77. The van der Waals surface area contributed by atoms with Gasteiger partial charge in [0.2, 0.25) is 0 Å². The molecule has 2 aromatic carbocycles. The Morgan fingerprint density at radius 2 is 1.95 bits per heavy atom. The topological polar surface area (TPSA) is 71.2 Å². The number of methoxy groups -OCH3 is 1. The Morgan fingerprint density at radius 3 is 2.60 bits per heavy atom. The minimum absolute atomic E-state index is 0.0964.